The van der Waals surface area contributed by atoms with E-state index in [1.165, 1.54) is 0 Å². The Morgan fingerprint density at radius 3 is 3.06 bits per heavy atom. The zero-order valence-corrected chi connectivity index (χ0v) is 9.74. The number of nitrogens with zero attached hydrogens (tertiary/aromatic N) is 4. The maximum absolute atomic E-state index is 7.08. The molecule has 18 heavy (non-hydrogen) atoms. The van der Waals surface area contributed by atoms with Gasteiger partial charge in [-0.15, -0.1) is 5.11 Å². The van der Waals surface area contributed by atoms with Gasteiger partial charge in [0.05, 0.1) is 11.4 Å². The summed E-state index contributed by atoms with van der Waals surface area (Å²) in [6.07, 6.45) is 2.94. The smallest absolute Gasteiger partial charge is 0.253 e. The molecule has 0 fully saturated rings. The van der Waals surface area contributed by atoms with Gasteiger partial charge in [-0.2, -0.15) is 5.10 Å². The van der Waals surface area contributed by atoms with E-state index in [4.69, 9.17) is 16.1 Å². The molecule has 0 saturated carbocycles. The Hall–Kier alpha value is -2.70. The SMILES string of the molecule is Cc1cn(-c2cccc(OC=NN)c2)c(N=N)n1. The Labute approximate surface area is 103 Å². The van der Waals surface area contributed by atoms with Crippen molar-refractivity contribution in [3.63, 3.8) is 0 Å². The maximum atomic E-state index is 7.08. The van der Waals surface area contributed by atoms with Crippen molar-refractivity contribution in [3.8, 4) is 11.4 Å². The van der Waals surface area contributed by atoms with Crippen LogP contribution in [0.25, 0.3) is 5.69 Å². The Kier molecular flexibility index (Phi) is 3.33. The fourth-order valence-electron chi connectivity index (χ4n) is 1.55. The fraction of sp³-hybridized carbons (Fsp3) is 0.0909. The molecule has 0 aliphatic rings. The van der Waals surface area contributed by atoms with Gasteiger partial charge in [0.15, 0.2) is 6.40 Å². The van der Waals surface area contributed by atoms with Crippen LogP contribution >= 0.6 is 0 Å². The molecule has 1 aromatic heterocycles. The first-order valence-corrected chi connectivity index (χ1v) is 5.17. The number of ether oxygens (including phenoxy) is 1. The summed E-state index contributed by atoms with van der Waals surface area (Å²) in [4.78, 5) is 4.12. The molecule has 0 saturated heterocycles. The van der Waals surface area contributed by atoms with Crippen LogP contribution in [-0.4, -0.2) is 16.0 Å². The minimum Gasteiger partial charge on any atom is -0.444 e. The van der Waals surface area contributed by atoms with E-state index in [0.717, 1.165) is 17.8 Å². The van der Waals surface area contributed by atoms with Gasteiger partial charge in [0, 0.05) is 12.3 Å². The second kappa shape index (κ2) is 5.09. The first-order chi connectivity index (χ1) is 8.74. The third-order valence-corrected chi connectivity index (χ3v) is 2.25. The average Bonchev–Trinajstić information content (AvgIpc) is 2.78. The number of rotatable bonds is 4. The number of hydrazone groups is 1. The van der Waals surface area contributed by atoms with Crippen LogP contribution in [0.2, 0.25) is 0 Å². The van der Waals surface area contributed by atoms with Crippen LogP contribution in [0.1, 0.15) is 5.69 Å². The molecule has 0 spiro atoms. The minimum atomic E-state index is 0.317. The highest BCUT2D eigenvalue weighted by Gasteiger charge is 2.07. The van der Waals surface area contributed by atoms with E-state index in [9.17, 15) is 0 Å². The third kappa shape index (κ3) is 2.34. The number of nitrogens with one attached hydrogen (secondary N) is 1. The zero-order valence-electron chi connectivity index (χ0n) is 9.74. The number of benzene rings is 1. The van der Waals surface area contributed by atoms with Crippen LogP contribution in [0.15, 0.2) is 40.7 Å². The molecule has 1 aromatic carbocycles. The Balaban J connectivity index is 2.40. The van der Waals surface area contributed by atoms with Crippen LogP contribution in [0.4, 0.5) is 5.95 Å². The molecule has 7 heteroatoms. The van der Waals surface area contributed by atoms with E-state index in [0.29, 0.717) is 11.7 Å². The van der Waals surface area contributed by atoms with Crippen molar-refractivity contribution >= 4 is 12.3 Å². The summed E-state index contributed by atoms with van der Waals surface area (Å²) >= 11 is 0. The molecule has 0 aliphatic carbocycles. The van der Waals surface area contributed by atoms with Crippen LogP contribution in [-0.2, 0) is 0 Å². The normalized spacial score (nSPS) is 10.7. The summed E-state index contributed by atoms with van der Waals surface area (Å²) in [6, 6.07) is 7.23. The summed E-state index contributed by atoms with van der Waals surface area (Å²) < 4.78 is 6.87. The largest absolute Gasteiger partial charge is 0.444 e. The van der Waals surface area contributed by atoms with Crippen LogP contribution in [0.3, 0.4) is 0 Å². The highest BCUT2D eigenvalue weighted by atomic mass is 16.5. The summed E-state index contributed by atoms with van der Waals surface area (Å²) in [5, 5.41) is 6.63. The molecule has 0 aliphatic heterocycles. The lowest BCUT2D eigenvalue weighted by Gasteiger charge is -2.05. The van der Waals surface area contributed by atoms with Gasteiger partial charge in [-0.3, -0.25) is 4.57 Å². The molecular formula is C11H12N6O. The van der Waals surface area contributed by atoms with Crippen LogP contribution < -0.4 is 10.6 Å². The topological polar surface area (TPSA) is 102 Å². The number of hydrogen-bond acceptors (Lipinski definition) is 6. The Morgan fingerprint density at radius 1 is 1.50 bits per heavy atom. The molecule has 1 heterocycles. The second-order valence-corrected chi connectivity index (χ2v) is 3.53. The van der Waals surface area contributed by atoms with Crippen molar-refractivity contribution in [1.82, 2.24) is 9.55 Å². The summed E-state index contributed by atoms with van der Waals surface area (Å²) in [7, 11) is 0. The summed E-state index contributed by atoms with van der Waals surface area (Å²) in [6.45, 7) is 1.84. The highest BCUT2D eigenvalue weighted by Crippen LogP contribution is 2.22. The lowest BCUT2D eigenvalue weighted by atomic mass is 10.3. The maximum Gasteiger partial charge on any atom is 0.253 e. The van der Waals surface area contributed by atoms with E-state index >= 15 is 0 Å². The van der Waals surface area contributed by atoms with Gasteiger partial charge in [-0.05, 0) is 19.1 Å². The number of aryl methyl sites for hydroxylation is 1. The first-order valence-electron chi connectivity index (χ1n) is 5.17. The number of imidazole rings is 1. The molecule has 0 bridgehead atoms. The van der Waals surface area contributed by atoms with Gasteiger partial charge < -0.3 is 10.6 Å². The quantitative estimate of drug-likeness (QED) is 0.283. The molecule has 2 rings (SSSR count). The Bertz CT molecular complexity index is 589. The standard InChI is InChI=1S/C11H12N6O/c1-8-6-17(11(15-8)16-13)9-3-2-4-10(5-9)18-7-14-12/h2-7,13H,12H2,1H3. The second-order valence-electron chi connectivity index (χ2n) is 3.53. The van der Waals surface area contributed by atoms with E-state index in [2.05, 4.69) is 15.2 Å². The van der Waals surface area contributed by atoms with Crippen LogP contribution in [0.5, 0.6) is 5.75 Å². The van der Waals surface area contributed by atoms with E-state index < -0.39 is 0 Å². The summed E-state index contributed by atoms with van der Waals surface area (Å²) in [5.74, 6) is 5.87. The molecular weight excluding hydrogens is 232 g/mol. The van der Waals surface area contributed by atoms with Gasteiger partial charge in [0.1, 0.15) is 5.75 Å². The predicted molar refractivity (Wildman–Crippen MR) is 66.4 cm³/mol. The lowest BCUT2D eigenvalue weighted by Crippen LogP contribution is -1.96. The lowest BCUT2D eigenvalue weighted by molar-refractivity contribution is 0.570. The number of nitrogens with two attached hydrogens (primary N) is 1. The monoisotopic (exact) mass is 244 g/mol. The fourth-order valence-corrected chi connectivity index (χ4v) is 1.55. The molecule has 0 atom stereocenters. The first kappa shape index (κ1) is 11.8. The van der Waals surface area contributed by atoms with Crippen molar-refractivity contribution in [3.05, 3.63) is 36.2 Å². The number of aromatic nitrogens is 2. The summed E-state index contributed by atoms with van der Waals surface area (Å²) in [5.41, 5.74) is 8.67. The van der Waals surface area contributed by atoms with E-state index in [-0.39, 0.29) is 0 Å². The molecule has 0 amide bonds. The van der Waals surface area contributed by atoms with Gasteiger partial charge in [-0.1, -0.05) is 6.07 Å². The van der Waals surface area contributed by atoms with Crippen molar-refractivity contribution < 1.29 is 4.74 Å². The van der Waals surface area contributed by atoms with Crippen molar-refractivity contribution in [2.24, 2.45) is 16.1 Å². The van der Waals surface area contributed by atoms with E-state index in [1.807, 2.05) is 19.1 Å². The van der Waals surface area contributed by atoms with Crippen LogP contribution in [0, 0.1) is 12.5 Å². The molecule has 3 N–H and O–H groups in total. The van der Waals surface area contributed by atoms with Crippen molar-refractivity contribution in [2.75, 3.05) is 0 Å². The highest BCUT2D eigenvalue weighted by molar-refractivity contribution is 5.53. The molecule has 0 radical (unpaired) electrons. The minimum absolute atomic E-state index is 0.317. The van der Waals surface area contributed by atoms with E-state index in [1.54, 1.807) is 22.9 Å². The number of hydrogen-bond donors (Lipinski definition) is 2. The molecule has 7 nitrogen and oxygen atoms in total. The zero-order chi connectivity index (χ0) is 13.0. The molecule has 92 valence electrons. The van der Waals surface area contributed by atoms with Crippen molar-refractivity contribution in [1.29, 1.82) is 5.53 Å². The molecule has 2 aromatic rings. The average molecular weight is 244 g/mol. The third-order valence-electron chi connectivity index (χ3n) is 2.25. The predicted octanol–water partition coefficient (Wildman–Crippen LogP) is 2.12. The van der Waals surface area contributed by atoms with Gasteiger partial charge >= 0.3 is 0 Å². The van der Waals surface area contributed by atoms with Gasteiger partial charge in [-0.25, -0.2) is 10.5 Å². The van der Waals surface area contributed by atoms with Gasteiger partial charge in [0.25, 0.3) is 5.95 Å². The Morgan fingerprint density at radius 2 is 2.33 bits per heavy atom. The van der Waals surface area contributed by atoms with Crippen molar-refractivity contribution in [2.45, 2.75) is 6.92 Å². The van der Waals surface area contributed by atoms with Gasteiger partial charge in [0.2, 0.25) is 0 Å². The molecule has 0 unspecified atom stereocenters.